The number of hydrogen-bond donors (Lipinski definition) is 0. The van der Waals surface area contributed by atoms with Crippen LogP contribution in [0.25, 0.3) is 22.6 Å². The number of pyridine rings is 1. The highest BCUT2D eigenvalue weighted by molar-refractivity contribution is 5.81. The zero-order valence-electron chi connectivity index (χ0n) is 18.5. The summed E-state index contributed by atoms with van der Waals surface area (Å²) in [6, 6.07) is 31.5. The average Bonchev–Trinajstić information content (AvgIpc) is 2.89. The molecule has 0 saturated heterocycles. The first-order valence-electron chi connectivity index (χ1n) is 11.1. The van der Waals surface area contributed by atoms with Gasteiger partial charge in [0.05, 0.1) is 24.1 Å². The van der Waals surface area contributed by atoms with Crippen molar-refractivity contribution < 1.29 is 4.74 Å². The van der Waals surface area contributed by atoms with Crippen LogP contribution in [0.2, 0.25) is 0 Å². The molecule has 5 heteroatoms. The number of nitrogens with zero attached hydrogens (tertiary/aromatic N) is 3. The molecule has 2 heterocycles. The van der Waals surface area contributed by atoms with Crippen molar-refractivity contribution in [1.82, 2.24) is 14.5 Å². The molecule has 166 valence electrons. The second-order valence-electron chi connectivity index (χ2n) is 7.94. The Bertz CT molecular complexity index is 1490. The van der Waals surface area contributed by atoms with Crippen molar-refractivity contribution >= 4 is 22.6 Å². The number of benzene rings is 3. The van der Waals surface area contributed by atoms with E-state index in [9.17, 15) is 4.79 Å². The normalized spacial score (nSPS) is 11.5. The fraction of sp³-hybridized carbons (Fsp3) is 0.0690. The molecular weight excluding hydrogens is 422 g/mol. The van der Waals surface area contributed by atoms with Crippen LogP contribution in [0.15, 0.2) is 114 Å². The Morgan fingerprint density at radius 1 is 0.853 bits per heavy atom. The van der Waals surface area contributed by atoms with Crippen LogP contribution in [0.1, 0.15) is 16.8 Å². The molecule has 0 amide bonds. The highest BCUT2D eigenvalue weighted by Crippen LogP contribution is 2.23. The quantitative estimate of drug-likeness (QED) is 0.306. The van der Waals surface area contributed by atoms with Crippen LogP contribution in [-0.4, -0.2) is 14.5 Å². The lowest BCUT2D eigenvalue weighted by molar-refractivity contribution is 0.302. The van der Waals surface area contributed by atoms with Gasteiger partial charge in [-0.2, -0.15) is 0 Å². The minimum atomic E-state index is -0.0863. The highest BCUT2D eigenvalue weighted by atomic mass is 16.5. The van der Waals surface area contributed by atoms with Gasteiger partial charge in [0, 0.05) is 17.6 Å². The third-order valence-electron chi connectivity index (χ3n) is 5.54. The van der Waals surface area contributed by atoms with Gasteiger partial charge in [-0.15, -0.1) is 0 Å². The van der Waals surface area contributed by atoms with Crippen molar-refractivity contribution in [2.45, 2.75) is 13.2 Å². The molecule has 0 aliphatic heterocycles. The minimum Gasteiger partial charge on any atom is -0.487 e. The molecular formula is C29H23N3O2. The molecule has 2 aromatic heterocycles. The fourth-order valence-electron chi connectivity index (χ4n) is 3.76. The molecule has 0 N–H and O–H groups in total. The standard InChI is InChI=1S/C29H23N3O2/c33-29-16-17-30-21-32(29)19-25(18-22-6-2-1-3-7-22)23-11-14-27(15-12-23)34-20-26-13-10-24-8-4-5-9-28(24)31-26/h1-18,21H,19-20H2/b25-18-. The zero-order chi connectivity index (χ0) is 23.2. The van der Waals surface area contributed by atoms with Crippen LogP contribution in [-0.2, 0) is 13.2 Å². The smallest absolute Gasteiger partial charge is 0.253 e. The Balaban J connectivity index is 1.36. The molecule has 0 unspecified atom stereocenters. The summed E-state index contributed by atoms with van der Waals surface area (Å²) in [4.78, 5) is 21.0. The van der Waals surface area contributed by atoms with Crippen molar-refractivity contribution in [3.63, 3.8) is 0 Å². The highest BCUT2D eigenvalue weighted by Gasteiger charge is 2.07. The predicted molar refractivity (Wildman–Crippen MR) is 135 cm³/mol. The summed E-state index contributed by atoms with van der Waals surface area (Å²) in [5.74, 6) is 0.760. The number of rotatable bonds is 7. The molecule has 0 saturated carbocycles. The Kier molecular flexibility index (Phi) is 6.25. The first-order chi connectivity index (χ1) is 16.7. The lowest BCUT2D eigenvalue weighted by atomic mass is 10.0. The van der Waals surface area contributed by atoms with E-state index in [-0.39, 0.29) is 5.56 Å². The second-order valence-corrected chi connectivity index (χ2v) is 7.94. The number of fused-ring (bicyclic) bond motifs is 1. The Morgan fingerprint density at radius 2 is 1.65 bits per heavy atom. The van der Waals surface area contributed by atoms with Crippen LogP contribution >= 0.6 is 0 Å². The van der Waals surface area contributed by atoms with E-state index in [1.807, 2.05) is 84.9 Å². The molecule has 3 aromatic carbocycles. The molecule has 5 rings (SSSR count). The molecule has 0 atom stereocenters. The van der Waals surface area contributed by atoms with Crippen molar-refractivity contribution in [2.75, 3.05) is 0 Å². The van der Waals surface area contributed by atoms with Crippen molar-refractivity contribution in [3.05, 3.63) is 137 Å². The number of hydrogen-bond acceptors (Lipinski definition) is 4. The lowest BCUT2D eigenvalue weighted by Gasteiger charge is -2.12. The summed E-state index contributed by atoms with van der Waals surface area (Å²) in [6.07, 6.45) is 5.17. The van der Waals surface area contributed by atoms with Crippen LogP contribution < -0.4 is 10.3 Å². The van der Waals surface area contributed by atoms with Gasteiger partial charge in [0.1, 0.15) is 12.4 Å². The van der Waals surface area contributed by atoms with Crippen molar-refractivity contribution in [3.8, 4) is 5.75 Å². The van der Waals surface area contributed by atoms with Gasteiger partial charge in [-0.25, -0.2) is 9.97 Å². The van der Waals surface area contributed by atoms with Crippen LogP contribution in [0, 0.1) is 0 Å². The molecule has 34 heavy (non-hydrogen) atoms. The van der Waals surface area contributed by atoms with E-state index in [1.165, 1.54) is 12.3 Å². The third kappa shape index (κ3) is 5.10. The van der Waals surface area contributed by atoms with Crippen molar-refractivity contribution in [2.24, 2.45) is 0 Å². The summed E-state index contributed by atoms with van der Waals surface area (Å²) < 4.78 is 7.59. The van der Waals surface area contributed by atoms with Gasteiger partial charge in [0.2, 0.25) is 0 Å². The number of para-hydroxylation sites is 1. The predicted octanol–water partition coefficient (Wildman–Crippen LogP) is 5.61. The third-order valence-corrected chi connectivity index (χ3v) is 5.54. The average molecular weight is 446 g/mol. The van der Waals surface area contributed by atoms with Crippen LogP contribution in [0.3, 0.4) is 0 Å². The maximum Gasteiger partial charge on any atom is 0.253 e. The van der Waals surface area contributed by atoms with Gasteiger partial charge in [-0.05, 0) is 47.0 Å². The van der Waals surface area contributed by atoms with Gasteiger partial charge in [-0.1, -0.05) is 66.7 Å². The lowest BCUT2D eigenvalue weighted by Crippen LogP contribution is -2.19. The van der Waals surface area contributed by atoms with E-state index >= 15 is 0 Å². The maximum atomic E-state index is 12.3. The molecule has 0 fully saturated rings. The molecule has 0 aliphatic rings. The number of ether oxygens (including phenoxy) is 1. The molecule has 0 radical (unpaired) electrons. The van der Waals surface area contributed by atoms with Gasteiger partial charge < -0.3 is 4.74 Å². The summed E-state index contributed by atoms with van der Waals surface area (Å²) >= 11 is 0. The first kappa shape index (κ1) is 21.3. The SMILES string of the molecule is O=c1ccncn1C/C(=C/c1ccccc1)c1ccc(OCc2ccc3ccccc3n2)cc1. The zero-order valence-corrected chi connectivity index (χ0v) is 18.5. The molecule has 0 aliphatic carbocycles. The summed E-state index contributed by atoms with van der Waals surface area (Å²) in [7, 11) is 0. The van der Waals surface area contributed by atoms with E-state index in [0.29, 0.717) is 13.2 Å². The number of aromatic nitrogens is 3. The van der Waals surface area contributed by atoms with Gasteiger partial charge in [-0.3, -0.25) is 9.36 Å². The molecule has 0 spiro atoms. The second kappa shape index (κ2) is 9.96. The van der Waals surface area contributed by atoms with E-state index in [4.69, 9.17) is 4.74 Å². The monoisotopic (exact) mass is 445 g/mol. The van der Waals surface area contributed by atoms with E-state index in [1.54, 1.807) is 10.9 Å². The number of allylic oxidation sites excluding steroid dienone is 1. The molecule has 5 nitrogen and oxygen atoms in total. The largest absolute Gasteiger partial charge is 0.487 e. The summed E-state index contributed by atoms with van der Waals surface area (Å²) in [6.45, 7) is 0.810. The van der Waals surface area contributed by atoms with E-state index in [2.05, 4.69) is 22.1 Å². The van der Waals surface area contributed by atoms with Gasteiger partial charge >= 0.3 is 0 Å². The Hall–Kier alpha value is -4.51. The summed E-state index contributed by atoms with van der Waals surface area (Å²) in [5.41, 5.74) is 4.83. The van der Waals surface area contributed by atoms with Crippen molar-refractivity contribution in [1.29, 1.82) is 0 Å². The van der Waals surface area contributed by atoms with E-state index < -0.39 is 0 Å². The Labute approximate surface area is 197 Å². The van der Waals surface area contributed by atoms with Gasteiger partial charge in [0.25, 0.3) is 5.56 Å². The first-order valence-corrected chi connectivity index (χ1v) is 11.1. The minimum absolute atomic E-state index is 0.0863. The Morgan fingerprint density at radius 3 is 2.47 bits per heavy atom. The van der Waals surface area contributed by atoms with Gasteiger partial charge in [0.15, 0.2) is 0 Å². The maximum absolute atomic E-state index is 12.3. The molecule has 0 bridgehead atoms. The van der Waals surface area contributed by atoms with Crippen LogP contribution in [0.4, 0.5) is 0 Å². The fourth-order valence-corrected chi connectivity index (χ4v) is 3.76. The summed E-state index contributed by atoms with van der Waals surface area (Å²) in [5, 5.41) is 1.11. The topological polar surface area (TPSA) is 57.0 Å². The van der Waals surface area contributed by atoms with E-state index in [0.717, 1.165) is 39.0 Å². The molecule has 5 aromatic rings. The van der Waals surface area contributed by atoms with Crippen LogP contribution in [0.5, 0.6) is 5.75 Å².